The second-order valence-electron chi connectivity index (χ2n) is 6.13. The molecule has 0 aliphatic heterocycles. The van der Waals surface area contributed by atoms with Crippen molar-refractivity contribution >= 4 is 34.4 Å². The SMILES string of the molecule is O=C(/C=C/c1cncnc1)c1c(-c2cccc(Cl)c2)c2ccccc2[nH]c1=O. The number of nitrogens with zero attached hydrogens (tertiary/aromatic N) is 2. The van der Waals surface area contributed by atoms with Gasteiger partial charge in [0.25, 0.3) is 5.56 Å². The first kappa shape index (κ1) is 17.8. The molecule has 0 unspecified atom stereocenters. The molecule has 6 heteroatoms. The molecule has 0 fully saturated rings. The van der Waals surface area contributed by atoms with E-state index >= 15 is 0 Å². The number of allylic oxidation sites excluding steroid dienone is 1. The minimum Gasteiger partial charge on any atom is -0.321 e. The molecule has 0 aliphatic carbocycles. The number of H-pyrrole nitrogens is 1. The minimum atomic E-state index is -0.451. The van der Waals surface area contributed by atoms with Gasteiger partial charge in [-0.25, -0.2) is 9.97 Å². The third-order valence-electron chi connectivity index (χ3n) is 4.29. The predicted molar refractivity (Wildman–Crippen MR) is 110 cm³/mol. The van der Waals surface area contributed by atoms with Crippen LogP contribution >= 0.6 is 11.6 Å². The molecular weight excluding hydrogens is 374 g/mol. The third-order valence-corrected chi connectivity index (χ3v) is 4.52. The number of pyridine rings is 1. The van der Waals surface area contributed by atoms with Crippen LogP contribution in [0.5, 0.6) is 0 Å². The Labute approximate surface area is 165 Å². The molecule has 0 radical (unpaired) electrons. The van der Waals surface area contributed by atoms with E-state index in [1.807, 2.05) is 24.3 Å². The van der Waals surface area contributed by atoms with Crippen LogP contribution in [-0.4, -0.2) is 20.7 Å². The van der Waals surface area contributed by atoms with Crippen molar-refractivity contribution in [1.29, 1.82) is 0 Å². The van der Waals surface area contributed by atoms with Crippen molar-refractivity contribution in [3.8, 4) is 11.1 Å². The largest absolute Gasteiger partial charge is 0.321 e. The fourth-order valence-corrected chi connectivity index (χ4v) is 3.26. The molecule has 0 aliphatic rings. The molecule has 0 spiro atoms. The highest BCUT2D eigenvalue weighted by Crippen LogP contribution is 2.31. The van der Waals surface area contributed by atoms with E-state index in [2.05, 4.69) is 15.0 Å². The molecule has 0 saturated carbocycles. The van der Waals surface area contributed by atoms with Crippen LogP contribution in [-0.2, 0) is 0 Å². The van der Waals surface area contributed by atoms with Crippen molar-refractivity contribution in [2.24, 2.45) is 0 Å². The van der Waals surface area contributed by atoms with Gasteiger partial charge < -0.3 is 4.98 Å². The number of nitrogens with one attached hydrogen (secondary N) is 1. The molecule has 4 rings (SSSR count). The van der Waals surface area contributed by atoms with Crippen LogP contribution in [0.4, 0.5) is 0 Å². The number of hydrogen-bond donors (Lipinski definition) is 1. The van der Waals surface area contributed by atoms with Gasteiger partial charge in [0.2, 0.25) is 0 Å². The summed E-state index contributed by atoms with van der Waals surface area (Å²) >= 11 is 6.16. The maximum Gasteiger partial charge on any atom is 0.260 e. The van der Waals surface area contributed by atoms with Crippen LogP contribution < -0.4 is 5.56 Å². The normalized spacial score (nSPS) is 11.2. The van der Waals surface area contributed by atoms with E-state index in [0.29, 0.717) is 27.2 Å². The quantitative estimate of drug-likeness (QED) is 0.412. The number of aromatic nitrogens is 3. The van der Waals surface area contributed by atoms with Crippen molar-refractivity contribution in [1.82, 2.24) is 15.0 Å². The average Bonchev–Trinajstić information content (AvgIpc) is 2.71. The van der Waals surface area contributed by atoms with Crippen LogP contribution in [0.1, 0.15) is 15.9 Å². The van der Waals surface area contributed by atoms with Crippen molar-refractivity contribution in [3.05, 3.63) is 99.8 Å². The van der Waals surface area contributed by atoms with Gasteiger partial charge in [0.1, 0.15) is 6.33 Å². The first-order valence-corrected chi connectivity index (χ1v) is 8.89. The number of benzene rings is 2. The Hall–Kier alpha value is -3.57. The predicted octanol–water partition coefficient (Wildman–Crippen LogP) is 4.53. The van der Waals surface area contributed by atoms with E-state index in [1.165, 1.54) is 12.4 Å². The van der Waals surface area contributed by atoms with Crippen LogP contribution in [0.3, 0.4) is 0 Å². The van der Waals surface area contributed by atoms with Crippen LogP contribution in [0.25, 0.3) is 28.1 Å². The molecular formula is C22H14ClN3O2. The number of fused-ring (bicyclic) bond motifs is 1. The highest BCUT2D eigenvalue weighted by Gasteiger charge is 2.19. The number of carbonyl (C=O) groups is 1. The highest BCUT2D eigenvalue weighted by molar-refractivity contribution is 6.31. The molecule has 0 bridgehead atoms. The first-order valence-electron chi connectivity index (χ1n) is 8.52. The number of aromatic amines is 1. The maximum atomic E-state index is 13.0. The lowest BCUT2D eigenvalue weighted by molar-refractivity contribution is 0.104. The Morgan fingerprint density at radius 1 is 1.04 bits per heavy atom. The zero-order valence-electron chi connectivity index (χ0n) is 14.6. The molecule has 136 valence electrons. The monoisotopic (exact) mass is 387 g/mol. The molecule has 5 nitrogen and oxygen atoms in total. The highest BCUT2D eigenvalue weighted by atomic mass is 35.5. The summed E-state index contributed by atoms with van der Waals surface area (Å²) in [4.78, 5) is 36.4. The van der Waals surface area contributed by atoms with E-state index in [9.17, 15) is 9.59 Å². The first-order chi connectivity index (χ1) is 13.6. The van der Waals surface area contributed by atoms with Gasteiger partial charge in [0.15, 0.2) is 5.78 Å². The standard InChI is InChI=1S/C22H14ClN3O2/c23-16-5-3-4-15(10-16)20-17-6-1-2-7-18(17)26-22(28)21(20)19(27)9-8-14-11-24-13-25-12-14/h1-13H,(H,26,28)/b9-8+. The lowest BCUT2D eigenvalue weighted by Gasteiger charge is -2.11. The summed E-state index contributed by atoms with van der Waals surface area (Å²) in [6.07, 6.45) is 7.51. The molecule has 1 N–H and O–H groups in total. The molecule has 2 aromatic carbocycles. The number of rotatable bonds is 4. The number of ketones is 1. The Balaban J connectivity index is 1.94. The fraction of sp³-hybridized carbons (Fsp3) is 0. The molecule has 2 heterocycles. The van der Waals surface area contributed by atoms with E-state index in [4.69, 9.17) is 11.6 Å². The van der Waals surface area contributed by atoms with E-state index in [0.717, 1.165) is 5.39 Å². The topological polar surface area (TPSA) is 75.7 Å². The third kappa shape index (κ3) is 3.48. The Morgan fingerprint density at radius 2 is 1.82 bits per heavy atom. The van der Waals surface area contributed by atoms with Gasteiger partial charge in [-0.15, -0.1) is 0 Å². The summed E-state index contributed by atoms with van der Waals surface area (Å²) in [6, 6.07) is 14.5. The van der Waals surface area contributed by atoms with E-state index in [-0.39, 0.29) is 5.56 Å². The number of para-hydroxylation sites is 1. The summed E-state index contributed by atoms with van der Waals surface area (Å²) in [6.45, 7) is 0. The second-order valence-corrected chi connectivity index (χ2v) is 6.57. The maximum absolute atomic E-state index is 13.0. The van der Waals surface area contributed by atoms with E-state index in [1.54, 1.807) is 42.7 Å². The van der Waals surface area contributed by atoms with Gasteiger partial charge in [0.05, 0.1) is 5.56 Å². The number of hydrogen-bond acceptors (Lipinski definition) is 4. The smallest absolute Gasteiger partial charge is 0.260 e. The summed E-state index contributed by atoms with van der Waals surface area (Å²) < 4.78 is 0. The Bertz CT molecular complexity index is 1260. The fourth-order valence-electron chi connectivity index (χ4n) is 3.07. The van der Waals surface area contributed by atoms with E-state index < -0.39 is 11.3 Å². The summed E-state index contributed by atoms with van der Waals surface area (Å²) in [5, 5.41) is 1.29. The van der Waals surface area contributed by atoms with Crippen LogP contribution in [0, 0.1) is 0 Å². The second kappa shape index (κ2) is 7.58. The summed E-state index contributed by atoms with van der Waals surface area (Å²) in [7, 11) is 0. The van der Waals surface area contributed by atoms with Crippen molar-refractivity contribution in [2.45, 2.75) is 0 Å². The van der Waals surface area contributed by atoms with Gasteiger partial charge in [-0.1, -0.05) is 41.9 Å². The van der Waals surface area contributed by atoms with Crippen molar-refractivity contribution in [2.75, 3.05) is 0 Å². The van der Waals surface area contributed by atoms with Crippen LogP contribution in [0.2, 0.25) is 5.02 Å². The van der Waals surface area contributed by atoms with Gasteiger partial charge in [-0.2, -0.15) is 0 Å². The van der Waals surface area contributed by atoms with Crippen molar-refractivity contribution in [3.63, 3.8) is 0 Å². The molecule has 0 atom stereocenters. The lowest BCUT2D eigenvalue weighted by Crippen LogP contribution is -2.18. The Kier molecular flexibility index (Phi) is 4.83. The average molecular weight is 388 g/mol. The summed E-state index contributed by atoms with van der Waals surface area (Å²) in [5.41, 5.74) is 2.19. The lowest BCUT2D eigenvalue weighted by atomic mass is 9.94. The Morgan fingerprint density at radius 3 is 2.61 bits per heavy atom. The molecule has 0 amide bonds. The molecule has 28 heavy (non-hydrogen) atoms. The minimum absolute atomic E-state index is 0.0640. The van der Waals surface area contributed by atoms with Crippen molar-refractivity contribution < 1.29 is 4.79 Å². The van der Waals surface area contributed by atoms with Gasteiger partial charge >= 0.3 is 0 Å². The van der Waals surface area contributed by atoms with Gasteiger partial charge in [-0.3, -0.25) is 9.59 Å². The van der Waals surface area contributed by atoms with Crippen LogP contribution in [0.15, 0.2) is 78.1 Å². The van der Waals surface area contributed by atoms with Gasteiger partial charge in [0, 0.05) is 39.4 Å². The van der Waals surface area contributed by atoms with Gasteiger partial charge in [-0.05, 0) is 35.9 Å². The molecule has 2 aromatic heterocycles. The zero-order chi connectivity index (χ0) is 19.5. The number of carbonyl (C=O) groups excluding carboxylic acids is 1. The zero-order valence-corrected chi connectivity index (χ0v) is 15.4. The molecule has 0 saturated heterocycles. The molecule has 4 aromatic rings. The number of halogens is 1. The summed E-state index contributed by atoms with van der Waals surface area (Å²) in [5.74, 6) is -0.411.